The minimum Gasteiger partial charge on any atom is -0.381 e. The normalized spacial score (nSPS) is 18.3. The molecule has 1 aliphatic heterocycles. The smallest absolute Gasteiger partial charge is 0.270 e. The van der Waals surface area contributed by atoms with E-state index in [0.717, 1.165) is 37.4 Å². The van der Waals surface area contributed by atoms with Gasteiger partial charge < -0.3 is 10.1 Å². The van der Waals surface area contributed by atoms with Gasteiger partial charge in [0.05, 0.1) is 5.69 Å². The maximum absolute atomic E-state index is 12.2. The molecule has 2 aromatic rings. The van der Waals surface area contributed by atoms with E-state index in [4.69, 9.17) is 4.74 Å². The molecule has 1 atom stereocenters. The molecule has 6 heteroatoms. The summed E-state index contributed by atoms with van der Waals surface area (Å²) in [5.74, 6) is 0.443. The number of hydrogen-bond acceptors (Lipinski definition) is 4. The average Bonchev–Trinajstić information content (AvgIpc) is 3.07. The van der Waals surface area contributed by atoms with E-state index < -0.39 is 0 Å². The molecule has 0 saturated carbocycles. The van der Waals surface area contributed by atoms with Gasteiger partial charge in [-0.05, 0) is 38.7 Å². The zero-order chi connectivity index (χ0) is 14.8. The van der Waals surface area contributed by atoms with Gasteiger partial charge in [0.15, 0.2) is 5.65 Å². The molecule has 1 aliphatic rings. The van der Waals surface area contributed by atoms with Crippen LogP contribution in [0.25, 0.3) is 5.65 Å². The van der Waals surface area contributed by atoms with Crippen LogP contribution in [-0.4, -0.2) is 40.3 Å². The number of hydrogen-bond donors (Lipinski definition) is 1. The van der Waals surface area contributed by atoms with Gasteiger partial charge in [0, 0.05) is 31.5 Å². The number of carbonyl (C=O) groups is 1. The summed E-state index contributed by atoms with van der Waals surface area (Å²) in [4.78, 5) is 16.6. The molecule has 0 spiro atoms. The summed E-state index contributed by atoms with van der Waals surface area (Å²) in [6, 6.07) is 3.65. The predicted octanol–water partition coefficient (Wildman–Crippen LogP) is 1.50. The first-order chi connectivity index (χ1) is 10.1. The molecule has 0 aromatic carbocycles. The molecule has 1 N–H and O–H groups in total. The van der Waals surface area contributed by atoms with E-state index in [-0.39, 0.29) is 5.91 Å². The fraction of sp³-hybridized carbons (Fsp3) is 0.533. The Morgan fingerprint density at radius 1 is 1.48 bits per heavy atom. The van der Waals surface area contributed by atoms with Crippen LogP contribution in [0, 0.1) is 19.8 Å². The molecule has 6 nitrogen and oxygen atoms in total. The Hall–Kier alpha value is -1.95. The van der Waals surface area contributed by atoms with Crippen LogP contribution in [0.3, 0.4) is 0 Å². The molecular weight excluding hydrogens is 268 g/mol. The number of ether oxygens (including phenoxy) is 1. The largest absolute Gasteiger partial charge is 0.381 e. The van der Waals surface area contributed by atoms with E-state index in [9.17, 15) is 4.79 Å². The predicted molar refractivity (Wildman–Crippen MR) is 78.3 cm³/mol. The summed E-state index contributed by atoms with van der Waals surface area (Å²) in [6.07, 6.45) is 2.05. The topological polar surface area (TPSA) is 68.5 Å². The Morgan fingerprint density at radius 2 is 2.33 bits per heavy atom. The lowest BCUT2D eigenvalue weighted by molar-refractivity contribution is 0.0945. The quantitative estimate of drug-likeness (QED) is 0.925. The third-order valence-electron chi connectivity index (χ3n) is 3.82. The highest BCUT2D eigenvalue weighted by Crippen LogP contribution is 2.15. The van der Waals surface area contributed by atoms with Crippen molar-refractivity contribution in [2.24, 2.45) is 5.92 Å². The zero-order valence-electron chi connectivity index (χ0n) is 12.4. The van der Waals surface area contributed by atoms with Gasteiger partial charge in [-0.3, -0.25) is 4.79 Å². The number of rotatable bonds is 4. The molecule has 1 fully saturated rings. The van der Waals surface area contributed by atoms with Gasteiger partial charge in [-0.15, -0.1) is 0 Å². The number of nitrogens with zero attached hydrogens (tertiary/aromatic N) is 3. The molecule has 3 heterocycles. The van der Waals surface area contributed by atoms with Crippen molar-refractivity contribution in [3.8, 4) is 0 Å². The highest BCUT2D eigenvalue weighted by Gasteiger charge is 2.16. The second kappa shape index (κ2) is 5.81. The third kappa shape index (κ3) is 3.05. The highest BCUT2D eigenvalue weighted by molar-refractivity contribution is 5.92. The first-order valence-electron chi connectivity index (χ1n) is 7.33. The van der Waals surface area contributed by atoms with Gasteiger partial charge in [0.1, 0.15) is 5.69 Å². The van der Waals surface area contributed by atoms with Gasteiger partial charge in [-0.1, -0.05) is 0 Å². The Labute approximate surface area is 123 Å². The second-order valence-electron chi connectivity index (χ2n) is 5.61. The molecule has 2 aromatic heterocycles. The summed E-state index contributed by atoms with van der Waals surface area (Å²) >= 11 is 0. The third-order valence-corrected chi connectivity index (χ3v) is 3.82. The number of amides is 1. The first-order valence-corrected chi connectivity index (χ1v) is 7.33. The van der Waals surface area contributed by atoms with Crippen LogP contribution in [0.1, 0.15) is 34.7 Å². The van der Waals surface area contributed by atoms with E-state index in [0.29, 0.717) is 23.8 Å². The average molecular weight is 288 g/mol. The molecule has 1 saturated heterocycles. The molecule has 21 heavy (non-hydrogen) atoms. The maximum Gasteiger partial charge on any atom is 0.270 e. The number of carbonyl (C=O) groups excluding carboxylic acids is 1. The molecule has 1 unspecified atom stereocenters. The first kappa shape index (κ1) is 14.0. The van der Waals surface area contributed by atoms with Crippen LogP contribution in [0.5, 0.6) is 0 Å². The van der Waals surface area contributed by atoms with Gasteiger partial charge in [0.25, 0.3) is 5.91 Å². The molecule has 1 amide bonds. The fourth-order valence-corrected chi connectivity index (χ4v) is 2.65. The van der Waals surface area contributed by atoms with Crippen molar-refractivity contribution in [2.45, 2.75) is 26.7 Å². The van der Waals surface area contributed by atoms with Crippen LogP contribution >= 0.6 is 0 Å². The second-order valence-corrected chi connectivity index (χ2v) is 5.61. The van der Waals surface area contributed by atoms with E-state index in [2.05, 4.69) is 15.4 Å². The lowest BCUT2D eigenvalue weighted by Crippen LogP contribution is -2.27. The monoisotopic (exact) mass is 288 g/mol. The van der Waals surface area contributed by atoms with Crippen LogP contribution < -0.4 is 5.32 Å². The van der Waals surface area contributed by atoms with Crippen molar-refractivity contribution in [3.05, 3.63) is 29.2 Å². The molecule has 0 bridgehead atoms. The molecule has 0 aliphatic carbocycles. The van der Waals surface area contributed by atoms with E-state index in [1.807, 2.05) is 19.9 Å². The van der Waals surface area contributed by atoms with Gasteiger partial charge >= 0.3 is 0 Å². The minimum absolute atomic E-state index is 0.127. The van der Waals surface area contributed by atoms with Crippen molar-refractivity contribution >= 4 is 11.6 Å². The maximum atomic E-state index is 12.2. The molecule has 112 valence electrons. The molecule has 3 rings (SSSR count). The zero-order valence-corrected chi connectivity index (χ0v) is 12.4. The van der Waals surface area contributed by atoms with Crippen molar-refractivity contribution < 1.29 is 9.53 Å². The molecular formula is C15H20N4O2. The standard InChI is InChI=1S/C15H20N4O2/c1-10-7-14-17-13(8-11(2)19(14)18-10)15(20)16-5-3-12-4-6-21-9-12/h7-8,12H,3-6,9H2,1-2H3,(H,16,20). The minimum atomic E-state index is -0.127. The van der Waals surface area contributed by atoms with Crippen molar-refractivity contribution in [3.63, 3.8) is 0 Å². The van der Waals surface area contributed by atoms with Crippen molar-refractivity contribution in [1.82, 2.24) is 19.9 Å². The Kier molecular flexibility index (Phi) is 3.88. The summed E-state index contributed by atoms with van der Waals surface area (Å²) in [5.41, 5.74) is 2.95. The number of aryl methyl sites for hydroxylation is 2. The van der Waals surface area contributed by atoms with Crippen LogP contribution in [0.15, 0.2) is 12.1 Å². The van der Waals surface area contributed by atoms with Gasteiger partial charge in [-0.2, -0.15) is 5.10 Å². The summed E-state index contributed by atoms with van der Waals surface area (Å²) < 4.78 is 7.08. The number of fused-ring (bicyclic) bond motifs is 1. The van der Waals surface area contributed by atoms with Crippen LogP contribution in [0.2, 0.25) is 0 Å². The Morgan fingerprint density at radius 3 is 3.10 bits per heavy atom. The summed E-state index contributed by atoms with van der Waals surface area (Å²) in [5, 5.41) is 7.27. The SMILES string of the molecule is Cc1cc2nc(C(=O)NCCC3CCOC3)cc(C)n2n1. The van der Waals surface area contributed by atoms with E-state index in [1.54, 1.807) is 10.6 Å². The van der Waals surface area contributed by atoms with Crippen molar-refractivity contribution in [1.29, 1.82) is 0 Å². The Bertz CT molecular complexity index is 659. The number of aromatic nitrogens is 3. The summed E-state index contributed by atoms with van der Waals surface area (Å²) in [6.45, 7) is 6.16. The van der Waals surface area contributed by atoms with E-state index in [1.165, 1.54) is 0 Å². The highest BCUT2D eigenvalue weighted by atomic mass is 16.5. The Balaban J connectivity index is 1.66. The molecule has 0 radical (unpaired) electrons. The number of nitrogens with one attached hydrogen (secondary N) is 1. The van der Waals surface area contributed by atoms with Gasteiger partial charge in [-0.25, -0.2) is 9.50 Å². The van der Waals surface area contributed by atoms with Crippen LogP contribution in [-0.2, 0) is 4.74 Å². The lowest BCUT2D eigenvalue weighted by Gasteiger charge is -2.09. The fourth-order valence-electron chi connectivity index (χ4n) is 2.65. The van der Waals surface area contributed by atoms with Crippen molar-refractivity contribution in [2.75, 3.05) is 19.8 Å². The van der Waals surface area contributed by atoms with Crippen LogP contribution in [0.4, 0.5) is 0 Å². The lowest BCUT2D eigenvalue weighted by atomic mass is 10.1. The van der Waals surface area contributed by atoms with E-state index >= 15 is 0 Å². The van der Waals surface area contributed by atoms with Gasteiger partial charge in [0.2, 0.25) is 0 Å². The summed E-state index contributed by atoms with van der Waals surface area (Å²) in [7, 11) is 0.